The summed E-state index contributed by atoms with van der Waals surface area (Å²) >= 11 is 13.1. The molecular weight excluding hydrogens is 473 g/mol. The lowest BCUT2D eigenvalue weighted by molar-refractivity contribution is -0.131. The van der Waals surface area contributed by atoms with Crippen LogP contribution in [-0.4, -0.2) is 27.3 Å². The highest BCUT2D eigenvalue weighted by molar-refractivity contribution is 6.31. The van der Waals surface area contributed by atoms with Gasteiger partial charge in [-0.2, -0.15) is 0 Å². The first-order valence-electron chi connectivity index (χ1n) is 11.7. The number of fused-ring (bicyclic) bond motifs is 1. The zero-order valence-corrected chi connectivity index (χ0v) is 20.6. The van der Waals surface area contributed by atoms with E-state index in [-0.39, 0.29) is 47.6 Å². The molecule has 0 unspecified atom stereocenters. The molecule has 8 heteroatoms. The van der Waals surface area contributed by atoms with Crippen LogP contribution in [0.25, 0.3) is 11.5 Å². The largest absolute Gasteiger partial charge is 0.418 e. The molecule has 1 amide bonds. The van der Waals surface area contributed by atoms with Gasteiger partial charge in [0.05, 0.1) is 5.41 Å². The van der Waals surface area contributed by atoms with Crippen molar-refractivity contribution < 1.29 is 14.3 Å². The quantitative estimate of drug-likeness (QED) is 0.467. The van der Waals surface area contributed by atoms with E-state index >= 15 is 0 Å². The SMILES string of the molecule is CC[C@@]12CC[C@@H](c3ccc(-c4nnc(CO)o4)cc3Cl)[C@H](c3ccc(Cl)cc3)[C@@H]1[C@@H](C)NC2=O. The number of carbonyl (C=O) groups excluding carboxylic acids is 1. The van der Waals surface area contributed by atoms with Gasteiger partial charge in [-0.15, -0.1) is 10.2 Å². The van der Waals surface area contributed by atoms with Crippen LogP contribution in [0.15, 0.2) is 46.9 Å². The number of carbonyl (C=O) groups is 1. The van der Waals surface area contributed by atoms with E-state index in [0.29, 0.717) is 21.5 Å². The number of aliphatic hydroxyl groups excluding tert-OH is 1. The molecular formula is C26H27Cl2N3O3. The van der Waals surface area contributed by atoms with E-state index in [9.17, 15) is 9.90 Å². The van der Waals surface area contributed by atoms with Gasteiger partial charge in [-0.25, -0.2) is 0 Å². The summed E-state index contributed by atoms with van der Waals surface area (Å²) in [7, 11) is 0. The Morgan fingerprint density at radius 3 is 2.59 bits per heavy atom. The van der Waals surface area contributed by atoms with Gasteiger partial charge in [-0.3, -0.25) is 4.79 Å². The Balaban J connectivity index is 1.58. The van der Waals surface area contributed by atoms with Crippen LogP contribution < -0.4 is 5.32 Å². The molecule has 5 rings (SSSR count). The van der Waals surface area contributed by atoms with Gasteiger partial charge in [-0.1, -0.05) is 48.3 Å². The summed E-state index contributed by atoms with van der Waals surface area (Å²) < 4.78 is 5.48. The van der Waals surface area contributed by atoms with Crippen molar-refractivity contribution in [3.63, 3.8) is 0 Å². The zero-order valence-electron chi connectivity index (χ0n) is 19.1. The number of halogens is 2. The molecule has 0 bridgehead atoms. The molecule has 0 spiro atoms. The molecule has 2 fully saturated rings. The van der Waals surface area contributed by atoms with Gasteiger partial charge in [0.25, 0.3) is 0 Å². The molecule has 0 radical (unpaired) electrons. The maximum atomic E-state index is 13.1. The number of hydrogen-bond donors (Lipinski definition) is 2. The summed E-state index contributed by atoms with van der Waals surface area (Å²) in [6, 6.07) is 13.9. The summed E-state index contributed by atoms with van der Waals surface area (Å²) in [6.07, 6.45) is 2.48. The average molecular weight is 500 g/mol. The number of nitrogens with one attached hydrogen (secondary N) is 1. The number of hydrogen-bond acceptors (Lipinski definition) is 5. The Kier molecular flexibility index (Phi) is 6.17. The van der Waals surface area contributed by atoms with Crippen LogP contribution in [0, 0.1) is 11.3 Å². The number of benzene rings is 2. The molecule has 2 aromatic carbocycles. The molecule has 1 saturated carbocycles. The normalized spacial score (nSPS) is 28.6. The van der Waals surface area contributed by atoms with Gasteiger partial charge < -0.3 is 14.8 Å². The van der Waals surface area contributed by atoms with Crippen LogP contribution >= 0.6 is 23.2 Å². The van der Waals surface area contributed by atoms with E-state index in [1.807, 2.05) is 30.3 Å². The summed E-state index contributed by atoms with van der Waals surface area (Å²) in [6.45, 7) is 3.93. The molecule has 1 aromatic heterocycles. The molecule has 2 N–H and O–H groups in total. The third-order valence-electron chi connectivity index (χ3n) is 7.84. The first-order valence-corrected chi connectivity index (χ1v) is 12.4. The van der Waals surface area contributed by atoms with Crippen LogP contribution in [-0.2, 0) is 11.4 Å². The van der Waals surface area contributed by atoms with Gasteiger partial charge in [0.1, 0.15) is 6.61 Å². The molecule has 2 aliphatic rings. The second-order valence-corrected chi connectivity index (χ2v) is 10.3. The van der Waals surface area contributed by atoms with Gasteiger partial charge in [-0.05, 0) is 73.4 Å². The predicted molar refractivity (Wildman–Crippen MR) is 131 cm³/mol. The Morgan fingerprint density at radius 1 is 1.18 bits per heavy atom. The zero-order chi connectivity index (χ0) is 24.0. The van der Waals surface area contributed by atoms with Crippen molar-refractivity contribution in [3.05, 3.63) is 69.5 Å². The topological polar surface area (TPSA) is 88.2 Å². The third-order valence-corrected chi connectivity index (χ3v) is 8.42. The van der Waals surface area contributed by atoms with Crippen molar-refractivity contribution in [3.8, 4) is 11.5 Å². The van der Waals surface area contributed by atoms with E-state index in [1.54, 1.807) is 0 Å². The maximum Gasteiger partial charge on any atom is 0.247 e. The molecule has 178 valence electrons. The third kappa shape index (κ3) is 3.72. The Bertz CT molecular complexity index is 1210. The lowest BCUT2D eigenvalue weighted by atomic mass is 9.54. The van der Waals surface area contributed by atoms with E-state index < -0.39 is 0 Å². The van der Waals surface area contributed by atoms with E-state index in [4.69, 9.17) is 27.6 Å². The summed E-state index contributed by atoms with van der Waals surface area (Å²) in [5, 5.41) is 21.6. The van der Waals surface area contributed by atoms with E-state index in [2.05, 4.69) is 41.5 Å². The minimum absolute atomic E-state index is 0.0595. The first-order chi connectivity index (χ1) is 16.4. The standard InChI is InChI=1S/C26H27Cl2N3O3/c1-3-26-11-10-19(18-9-6-16(12-20(18)28)24-31-30-21(13-32)34-24)22(15-4-7-17(27)8-5-15)23(26)14(2)29-25(26)33/h4-9,12,14,19,22-23,32H,3,10-11,13H2,1-2H3,(H,29,33)/t14-,19+,22+,23+,26-/m1/s1. The number of rotatable bonds is 5. The number of nitrogens with zero attached hydrogens (tertiary/aromatic N) is 2. The Labute approximate surface area is 208 Å². The van der Waals surface area contributed by atoms with Crippen molar-refractivity contribution in [1.29, 1.82) is 0 Å². The van der Waals surface area contributed by atoms with Gasteiger partial charge in [0, 0.05) is 27.6 Å². The first kappa shape index (κ1) is 23.3. The number of amides is 1. The van der Waals surface area contributed by atoms with Crippen molar-refractivity contribution in [2.75, 3.05) is 0 Å². The lowest BCUT2D eigenvalue weighted by Gasteiger charge is -2.47. The molecule has 1 aliphatic heterocycles. The minimum atomic E-state index is -0.378. The van der Waals surface area contributed by atoms with Crippen molar-refractivity contribution in [1.82, 2.24) is 15.5 Å². The van der Waals surface area contributed by atoms with Crippen molar-refractivity contribution in [2.24, 2.45) is 11.3 Å². The van der Waals surface area contributed by atoms with E-state index in [0.717, 1.165) is 24.8 Å². The predicted octanol–water partition coefficient (Wildman–Crippen LogP) is 5.73. The van der Waals surface area contributed by atoms with Crippen LogP contribution in [0.3, 0.4) is 0 Å². The molecule has 2 heterocycles. The molecule has 6 nitrogen and oxygen atoms in total. The lowest BCUT2D eigenvalue weighted by Crippen LogP contribution is -2.43. The highest BCUT2D eigenvalue weighted by Gasteiger charge is 2.59. The smallest absolute Gasteiger partial charge is 0.247 e. The van der Waals surface area contributed by atoms with Crippen LogP contribution in [0.2, 0.25) is 10.0 Å². The summed E-state index contributed by atoms with van der Waals surface area (Å²) in [5.74, 6) is 1.03. The monoisotopic (exact) mass is 499 g/mol. The number of aliphatic hydroxyl groups is 1. The fourth-order valence-electron chi connectivity index (χ4n) is 6.29. The summed E-state index contributed by atoms with van der Waals surface area (Å²) in [5.41, 5.74) is 2.54. The number of aromatic nitrogens is 2. The second kappa shape index (κ2) is 8.99. The Hall–Kier alpha value is -2.41. The maximum absolute atomic E-state index is 13.1. The molecule has 1 saturated heterocycles. The van der Waals surface area contributed by atoms with Crippen LogP contribution in [0.1, 0.15) is 62.0 Å². The van der Waals surface area contributed by atoms with Gasteiger partial charge in [0.15, 0.2) is 0 Å². The van der Waals surface area contributed by atoms with Crippen LogP contribution in [0.5, 0.6) is 0 Å². The Morgan fingerprint density at radius 2 is 1.94 bits per heavy atom. The molecule has 34 heavy (non-hydrogen) atoms. The van der Waals surface area contributed by atoms with Gasteiger partial charge in [0.2, 0.25) is 17.7 Å². The average Bonchev–Trinajstić information content (AvgIpc) is 3.42. The fraction of sp³-hybridized carbons (Fsp3) is 0.423. The highest BCUT2D eigenvalue weighted by atomic mass is 35.5. The van der Waals surface area contributed by atoms with E-state index in [1.165, 1.54) is 5.56 Å². The van der Waals surface area contributed by atoms with Crippen molar-refractivity contribution in [2.45, 2.75) is 57.6 Å². The molecule has 5 atom stereocenters. The summed E-state index contributed by atoms with van der Waals surface area (Å²) in [4.78, 5) is 13.1. The van der Waals surface area contributed by atoms with Crippen LogP contribution in [0.4, 0.5) is 0 Å². The molecule has 1 aliphatic carbocycles. The highest BCUT2D eigenvalue weighted by Crippen LogP contribution is 2.60. The van der Waals surface area contributed by atoms with Crippen molar-refractivity contribution >= 4 is 29.1 Å². The second-order valence-electron chi connectivity index (χ2n) is 9.42. The van der Waals surface area contributed by atoms with Gasteiger partial charge >= 0.3 is 0 Å². The fourth-order valence-corrected chi connectivity index (χ4v) is 6.74. The molecule has 3 aromatic rings. The minimum Gasteiger partial charge on any atom is -0.418 e.